The standard InChI is InChI=1S/C32H29N/c1-22-10-16-25(17-11-22)29-30(26-18-12-23(2)13-19-26)32(28-20-14-24(3)15-21-28)33-31(29)27-8-6-4-5-7-9-27/h4,6-21,33H,5H2,1-3H3. The SMILES string of the molecule is Cc1ccc(-c2[nH]c(C3=CC=CCC=C3)c(-c3ccc(C)cc3)c2-c2ccc(C)cc2)cc1. The van der Waals surface area contributed by atoms with Gasteiger partial charge in [-0.1, -0.05) is 120 Å². The lowest BCUT2D eigenvalue weighted by molar-refractivity contribution is 1.34. The summed E-state index contributed by atoms with van der Waals surface area (Å²) >= 11 is 0. The highest BCUT2D eigenvalue weighted by Crippen LogP contribution is 2.45. The molecule has 1 heteroatoms. The summed E-state index contributed by atoms with van der Waals surface area (Å²) in [5.74, 6) is 0. The summed E-state index contributed by atoms with van der Waals surface area (Å²) in [5, 5.41) is 0. The van der Waals surface area contributed by atoms with E-state index in [2.05, 4.69) is 129 Å². The predicted molar refractivity (Wildman–Crippen MR) is 142 cm³/mol. The number of H-pyrrole nitrogens is 1. The van der Waals surface area contributed by atoms with Crippen molar-refractivity contribution in [3.05, 3.63) is 126 Å². The van der Waals surface area contributed by atoms with Gasteiger partial charge in [0.25, 0.3) is 0 Å². The van der Waals surface area contributed by atoms with Gasteiger partial charge in [-0.3, -0.25) is 0 Å². The van der Waals surface area contributed by atoms with Gasteiger partial charge in [0.1, 0.15) is 0 Å². The second-order valence-corrected chi connectivity index (χ2v) is 8.91. The Labute approximate surface area is 196 Å². The maximum atomic E-state index is 3.86. The van der Waals surface area contributed by atoms with Crippen LogP contribution in [0.5, 0.6) is 0 Å². The van der Waals surface area contributed by atoms with E-state index in [0.29, 0.717) is 0 Å². The molecule has 0 radical (unpaired) electrons. The molecular weight excluding hydrogens is 398 g/mol. The summed E-state index contributed by atoms with van der Waals surface area (Å²) in [6.07, 6.45) is 12.0. The second kappa shape index (κ2) is 8.96. The average molecular weight is 428 g/mol. The highest BCUT2D eigenvalue weighted by Gasteiger charge is 2.23. The minimum absolute atomic E-state index is 0.955. The molecule has 0 atom stereocenters. The number of hydrogen-bond acceptors (Lipinski definition) is 0. The maximum Gasteiger partial charge on any atom is 0.0544 e. The zero-order valence-electron chi connectivity index (χ0n) is 19.5. The number of rotatable bonds is 4. The fourth-order valence-electron chi connectivity index (χ4n) is 4.42. The van der Waals surface area contributed by atoms with Crippen LogP contribution in [0.25, 0.3) is 39.1 Å². The smallest absolute Gasteiger partial charge is 0.0544 e. The third-order valence-corrected chi connectivity index (χ3v) is 6.29. The fraction of sp³-hybridized carbons (Fsp3) is 0.125. The van der Waals surface area contributed by atoms with E-state index in [9.17, 15) is 0 Å². The molecule has 5 rings (SSSR count). The largest absolute Gasteiger partial charge is 0.353 e. The fourth-order valence-corrected chi connectivity index (χ4v) is 4.42. The summed E-state index contributed by atoms with van der Waals surface area (Å²) < 4.78 is 0. The number of aromatic amines is 1. The van der Waals surface area contributed by atoms with Crippen molar-refractivity contribution in [1.82, 2.24) is 4.98 Å². The Bertz CT molecular complexity index is 1360. The van der Waals surface area contributed by atoms with Crippen LogP contribution in [0.4, 0.5) is 0 Å². The van der Waals surface area contributed by atoms with Crippen LogP contribution < -0.4 is 0 Å². The highest BCUT2D eigenvalue weighted by molar-refractivity contribution is 6.00. The van der Waals surface area contributed by atoms with Crippen LogP contribution in [-0.4, -0.2) is 4.98 Å². The maximum absolute atomic E-state index is 3.86. The van der Waals surface area contributed by atoms with Gasteiger partial charge in [0.15, 0.2) is 0 Å². The molecule has 1 aliphatic carbocycles. The first-order valence-electron chi connectivity index (χ1n) is 11.6. The molecule has 33 heavy (non-hydrogen) atoms. The monoisotopic (exact) mass is 427 g/mol. The molecule has 0 aliphatic heterocycles. The molecule has 0 saturated carbocycles. The molecule has 1 heterocycles. The quantitative estimate of drug-likeness (QED) is 0.335. The van der Waals surface area contributed by atoms with Crippen LogP contribution >= 0.6 is 0 Å². The zero-order valence-corrected chi connectivity index (χ0v) is 19.5. The Morgan fingerprint density at radius 3 is 1.58 bits per heavy atom. The van der Waals surface area contributed by atoms with Gasteiger partial charge in [-0.15, -0.1) is 0 Å². The minimum Gasteiger partial charge on any atom is -0.353 e. The van der Waals surface area contributed by atoms with E-state index < -0.39 is 0 Å². The van der Waals surface area contributed by atoms with E-state index in [4.69, 9.17) is 0 Å². The summed E-state index contributed by atoms with van der Waals surface area (Å²) in [6, 6.07) is 26.6. The Kier molecular flexibility index (Phi) is 5.71. The van der Waals surface area contributed by atoms with E-state index in [1.807, 2.05) is 0 Å². The van der Waals surface area contributed by atoms with Crippen LogP contribution in [-0.2, 0) is 0 Å². The summed E-state index contributed by atoms with van der Waals surface area (Å²) in [5.41, 5.74) is 13.5. The Balaban J connectivity index is 1.86. The van der Waals surface area contributed by atoms with E-state index in [0.717, 1.165) is 17.8 Å². The summed E-state index contributed by atoms with van der Waals surface area (Å²) in [6.45, 7) is 6.42. The molecule has 0 amide bonds. The van der Waals surface area contributed by atoms with Gasteiger partial charge in [0, 0.05) is 11.1 Å². The number of hydrogen-bond donors (Lipinski definition) is 1. The van der Waals surface area contributed by atoms with Crippen molar-refractivity contribution in [2.75, 3.05) is 0 Å². The van der Waals surface area contributed by atoms with Gasteiger partial charge >= 0.3 is 0 Å². The molecular formula is C32H29N. The Hall–Kier alpha value is -3.84. The molecule has 0 saturated heterocycles. The highest BCUT2D eigenvalue weighted by atomic mass is 14.7. The molecule has 0 spiro atoms. The van der Waals surface area contributed by atoms with Crippen LogP contribution in [0, 0.1) is 20.8 Å². The molecule has 1 nitrogen and oxygen atoms in total. The van der Waals surface area contributed by atoms with Gasteiger partial charge < -0.3 is 4.98 Å². The summed E-state index contributed by atoms with van der Waals surface area (Å²) in [4.78, 5) is 3.86. The second-order valence-electron chi connectivity index (χ2n) is 8.91. The number of aryl methyl sites for hydroxylation is 3. The van der Waals surface area contributed by atoms with Crippen molar-refractivity contribution in [3.63, 3.8) is 0 Å². The first-order valence-corrected chi connectivity index (χ1v) is 11.6. The first kappa shape index (κ1) is 21.0. The molecule has 1 aliphatic rings. The lowest BCUT2D eigenvalue weighted by atomic mass is 9.90. The molecule has 0 bridgehead atoms. The molecule has 0 unspecified atom stereocenters. The lowest BCUT2D eigenvalue weighted by Gasteiger charge is -2.11. The number of nitrogens with one attached hydrogen (secondary N) is 1. The lowest BCUT2D eigenvalue weighted by Crippen LogP contribution is -1.88. The minimum atomic E-state index is 0.955. The number of aromatic nitrogens is 1. The van der Waals surface area contributed by atoms with Crippen molar-refractivity contribution < 1.29 is 0 Å². The van der Waals surface area contributed by atoms with Crippen molar-refractivity contribution in [2.45, 2.75) is 27.2 Å². The number of allylic oxidation sites excluding steroid dienone is 6. The molecule has 1 N–H and O–H groups in total. The summed E-state index contributed by atoms with van der Waals surface area (Å²) in [7, 11) is 0. The zero-order chi connectivity index (χ0) is 22.8. The van der Waals surface area contributed by atoms with Crippen LogP contribution in [0.2, 0.25) is 0 Å². The number of benzene rings is 3. The van der Waals surface area contributed by atoms with Crippen LogP contribution in [0.15, 0.2) is 103 Å². The normalized spacial score (nSPS) is 13.1. The van der Waals surface area contributed by atoms with Crippen molar-refractivity contribution in [2.24, 2.45) is 0 Å². The Morgan fingerprint density at radius 2 is 1.03 bits per heavy atom. The van der Waals surface area contributed by atoms with E-state index >= 15 is 0 Å². The molecule has 0 fully saturated rings. The molecule has 4 aromatic rings. The van der Waals surface area contributed by atoms with Gasteiger partial charge in [-0.2, -0.15) is 0 Å². The van der Waals surface area contributed by atoms with Crippen LogP contribution in [0.1, 0.15) is 28.8 Å². The average Bonchev–Trinajstić information content (AvgIpc) is 3.01. The third-order valence-electron chi connectivity index (χ3n) is 6.29. The van der Waals surface area contributed by atoms with E-state index in [1.165, 1.54) is 50.1 Å². The van der Waals surface area contributed by atoms with Gasteiger partial charge in [0.05, 0.1) is 11.4 Å². The van der Waals surface area contributed by atoms with E-state index in [-0.39, 0.29) is 0 Å². The molecule has 3 aromatic carbocycles. The van der Waals surface area contributed by atoms with Gasteiger partial charge in [-0.25, -0.2) is 0 Å². The van der Waals surface area contributed by atoms with E-state index in [1.54, 1.807) is 0 Å². The molecule has 162 valence electrons. The van der Waals surface area contributed by atoms with Crippen molar-refractivity contribution in [1.29, 1.82) is 0 Å². The van der Waals surface area contributed by atoms with Crippen molar-refractivity contribution >= 4 is 5.57 Å². The van der Waals surface area contributed by atoms with Gasteiger partial charge in [0.2, 0.25) is 0 Å². The van der Waals surface area contributed by atoms with Gasteiger partial charge in [-0.05, 0) is 49.5 Å². The Morgan fingerprint density at radius 1 is 0.545 bits per heavy atom. The predicted octanol–water partition coefficient (Wildman–Crippen LogP) is 8.84. The molecule has 1 aromatic heterocycles. The van der Waals surface area contributed by atoms with Crippen molar-refractivity contribution in [3.8, 4) is 33.5 Å². The van der Waals surface area contributed by atoms with Crippen LogP contribution in [0.3, 0.4) is 0 Å². The third kappa shape index (κ3) is 4.27. The first-order chi connectivity index (χ1) is 16.1. The topological polar surface area (TPSA) is 15.8 Å².